The maximum Gasteiger partial charge on any atom is 0.0828 e. The first-order valence-electron chi connectivity index (χ1n) is 8.32. The van der Waals surface area contributed by atoms with Gasteiger partial charge in [-0.2, -0.15) is 5.26 Å². The van der Waals surface area contributed by atoms with Crippen molar-refractivity contribution in [3.05, 3.63) is 35.4 Å². The quantitative estimate of drug-likeness (QED) is 0.569. The van der Waals surface area contributed by atoms with Crippen molar-refractivity contribution in [3.63, 3.8) is 0 Å². The van der Waals surface area contributed by atoms with E-state index in [4.69, 9.17) is 0 Å². The van der Waals surface area contributed by atoms with Crippen LogP contribution >= 0.6 is 0 Å². The number of hydrogen-bond donors (Lipinski definition) is 0. The second-order valence-electron chi connectivity index (χ2n) is 6.22. The van der Waals surface area contributed by atoms with Gasteiger partial charge in [0.25, 0.3) is 0 Å². The topological polar surface area (TPSA) is 23.8 Å². The van der Waals surface area contributed by atoms with Crippen LogP contribution in [-0.2, 0) is 11.8 Å². The normalized spacial score (nSPS) is 20.6. The zero-order chi connectivity index (χ0) is 14.3. The van der Waals surface area contributed by atoms with Crippen LogP contribution in [0.2, 0.25) is 0 Å². The van der Waals surface area contributed by atoms with Crippen LogP contribution < -0.4 is 0 Å². The predicted octanol–water partition coefficient (Wildman–Crippen LogP) is 5.53. The molecule has 0 radical (unpaired) electrons. The molecule has 0 saturated heterocycles. The molecule has 1 nitrogen and oxygen atoms in total. The van der Waals surface area contributed by atoms with Crippen molar-refractivity contribution in [1.29, 1.82) is 5.26 Å². The molecule has 1 unspecified atom stereocenters. The SMILES string of the molecule is CCCCCCCCCC1(C#N)CCc2ccccc21. The highest BCUT2D eigenvalue weighted by atomic mass is 14.4. The summed E-state index contributed by atoms with van der Waals surface area (Å²) in [7, 11) is 0. The fourth-order valence-corrected chi connectivity index (χ4v) is 3.50. The van der Waals surface area contributed by atoms with Gasteiger partial charge in [0.15, 0.2) is 0 Å². The summed E-state index contributed by atoms with van der Waals surface area (Å²) in [6.45, 7) is 2.26. The van der Waals surface area contributed by atoms with Crippen molar-refractivity contribution >= 4 is 0 Å². The van der Waals surface area contributed by atoms with Gasteiger partial charge in [-0.05, 0) is 30.4 Å². The lowest BCUT2D eigenvalue weighted by Crippen LogP contribution is -2.20. The molecule has 0 aliphatic heterocycles. The Morgan fingerprint density at radius 3 is 2.50 bits per heavy atom. The smallest absolute Gasteiger partial charge is 0.0828 e. The fourth-order valence-electron chi connectivity index (χ4n) is 3.50. The minimum atomic E-state index is -0.181. The molecule has 2 rings (SSSR count). The molecule has 108 valence electrons. The largest absolute Gasteiger partial charge is 0.197 e. The average Bonchev–Trinajstić information content (AvgIpc) is 2.86. The van der Waals surface area contributed by atoms with Crippen molar-refractivity contribution in [2.75, 3.05) is 0 Å². The lowest BCUT2D eigenvalue weighted by atomic mass is 9.79. The van der Waals surface area contributed by atoms with E-state index < -0.39 is 0 Å². The summed E-state index contributed by atoms with van der Waals surface area (Å²) in [4.78, 5) is 0. The summed E-state index contributed by atoms with van der Waals surface area (Å²) in [6.07, 6.45) is 12.4. The standard InChI is InChI=1S/C19H27N/c1-2-3-4-5-6-7-10-14-19(16-20)15-13-17-11-8-9-12-18(17)19/h8-9,11-12H,2-7,10,13-15H2,1H3. The van der Waals surface area contributed by atoms with Crippen LogP contribution in [0, 0.1) is 11.3 Å². The maximum atomic E-state index is 9.69. The molecule has 0 amide bonds. The van der Waals surface area contributed by atoms with Crippen molar-refractivity contribution < 1.29 is 0 Å². The molecular formula is C19H27N. The van der Waals surface area contributed by atoms with Crippen LogP contribution in [0.25, 0.3) is 0 Å². The van der Waals surface area contributed by atoms with Crippen molar-refractivity contribution in [1.82, 2.24) is 0 Å². The van der Waals surface area contributed by atoms with E-state index in [0.717, 1.165) is 19.3 Å². The fraction of sp³-hybridized carbons (Fsp3) is 0.632. The van der Waals surface area contributed by atoms with Crippen LogP contribution in [0.15, 0.2) is 24.3 Å². The van der Waals surface area contributed by atoms with E-state index in [0.29, 0.717) is 0 Å². The highest BCUT2D eigenvalue weighted by molar-refractivity contribution is 5.43. The maximum absolute atomic E-state index is 9.69. The zero-order valence-corrected chi connectivity index (χ0v) is 12.8. The third kappa shape index (κ3) is 3.42. The number of aryl methyl sites for hydroxylation is 1. The second kappa shape index (κ2) is 7.48. The van der Waals surface area contributed by atoms with Gasteiger partial charge in [-0.15, -0.1) is 0 Å². The third-order valence-corrected chi connectivity index (χ3v) is 4.78. The molecule has 0 spiro atoms. The highest BCUT2D eigenvalue weighted by Crippen LogP contribution is 2.42. The molecule has 1 heteroatoms. The van der Waals surface area contributed by atoms with Gasteiger partial charge in [0.1, 0.15) is 0 Å². The van der Waals surface area contributed by atoms with Crippen LogP contribution in [0.1, 0.15) is 75.8 Å². The second-order valence-corrected chi connectivity index (χ2v) is 6.22. The number of rotatable bonds is 8. The van der Waals surface area contributed by atoms with E-state index in [-0.39, 0.29) is 5.41 Å². The lowest BCUT2D eigenvalue weighted by molar-refractivity contribution is 0.458. The minimum Gasteiger partial charge on any atom is -0.197 e. The van der Waals surface area contributed by atoms with Crippen LogP contribution in [-0.4, -0.2) is 0 Å². The number of nitriles is 1. The summed E-state index contributed by atoms with van der Waals surface area (Å²) >= 11 is 0. The molecule has 0 N–H and O–H groups in total. The summed E-state index contributed by atoms with van der Waals surface area (Å²) in [5.41, 5.74) is 2.53. The zero-order valence-electron chi connectivity index (χ0n) is 12.8. The Morgan fingerprint density at radius 1 is 1.05 bits per heavy atom. The third-order valence-electron chi connectivity index (χ3n) is 4.78. The Balaban J connectivity index is 1.81. The molecule has 1 atom stereocenters. The molecule has 1 aliphatic carbocycles. The van der Waals surface area contributed by atoms with Gasteiger partial charge in [-0.3, -0.25) is 0 Å². The van der Waals surface area contributed by atoms with Gasteiger partial charge >= 0.3 is 0 Å². The molecule has 0 heterocycles. The summed E-state index contributed by atoms with van der Waals surface area (Å²) in [5.74, 6) is 0. The predicted molar refractivity (Wildman–Crippen MR) is 84.7 cm³/mol. The van der Waals surface area contributed by atoms with E-state index in [2.05, 4.69) is 37.3 Å². The first kappa shape index (κ1) is 15.1. The van der Waals surface area contributed by atoms with E-state index >= 15 is 0 Å². The van der Waals surface area contributed by atoms with Gasteiger partial charge in [0.05, 0.1) is 11.5 Å². The minimum absolute atomic E-state index is 0.181. The number of nitrogens with zero attached hydrogens (tertiary/aromatic N) is 1. The van der Waals surface area contributed by atoms with Crippen molar-refractivity contribution in [2.45, 2.75) is 76.5 Å². The van der Waals surface area contributed by atoms with Crippen LogP contribution in [0.3, 0.4) is 0 Å². The Kier molecular flexibility index (Phi) is 5.65. The van der Waals surface area contributed by atoms with Crippen LogP contribution in [0.4, 0.5) is 0 Å². The Bertz CT molecular complexity index is 457. The Morgan fingerprint density at radius 2 is 1.75 bits per heavy atom. The average molecular weight is 269 g/mol. The molecule has 0 fully saturated rings. The summed E-state index contributed by atoms with van der Waals surface area (Å²) in [6, 6.07) is 11.2. The first-order valence-corrected chi connectivity index (χ1v) is 8.32. The Hall–Kier alpha value is -1.29. The van der Waals surface area contributed by atoms with E-state index in [1.165, 1.54) is 56.1 Å². The molecule has 20 heavy (non-hydrogen) atoms. The summed E-state index contributed by atoms with van der Waals surface area (Å²) < 4.78 is 0. The first-order chi connectivity index (χ1) is 9.82. The van der Waals surface area contributed by atoms with Crippen molar-refractivity contribution in [2.24, 2.45) is 0 Å². The highest BCUT2D eigenvalue weighted by Gasteiger charge is 2.37. The molecular weight excluding hydrogens is 242 g/mol. The van der Waals surface area contributed by atoms with E-state index in [1.54, 1.807) is 0 Å². The summed E-state index contributed by atoms with van der Waals surface area (Å²) in [5, 5.41) is 9.69. The van der Waals surface area contributed by atoms with E-state index in [1.807, 2.05) is 0 Å². The molecule has 0 aromatic heterocycles. The number of benzene rings is 1. The number of unbranched alkanes of at least 4 members (excludes halogenated alkanes) is 6. The number of hydrogen-bond acceptors (Lipinski definition) is 1. The van der Waals surface area contributed by atoms with Gasteiger partial charge in [0.2, 0.25) is 0 Å². The lowest BCUT2D eigenvalue weighted by Gasteiger charge is -2.22. The van der Waals surface area contributed by atoms with Gasteiger partial charge in [0, 0.05) is 0 Å². The molecule has 1 aliphatic rings. The van der Waals surface area contributed by atoms with Gasteiger partial charge in [-0.1, -0.05) is 76.1 Å². The van der Waals surface area contributed by atoms with Gasteiger partial charge < -0.3 is 0 Å². The monoisotopic (exact) mass is 269 g/mol. The van der Waals surface area contributed by atoms with E-state index in [9.17, 15) is 5.26 Å². The number of fused-ring (bicyclic) bond motifs is 1. The molecule has 0 saturated carbocycles. The van der Waals surface area contributed by atoms with Crippen LogP contribution in [0.5, 0.6) is 0 Å². The van der Waals surface area contributed by atoms with Crippen molar-refractivity contribution in [3.8, 4) is 6.07 Å². The Labute approximate surface area is 124 Å². The molecule has 1 aromatic carbocycles. The molecule has 1 aromatic rings. The molecule has 0 bridgehead atoms. The van der Waals surface area contributed by atoms with Gasteiger partial charge in [-0.25, -0.2) is 0 Å².